The van der Waals surface area contributed by atoms with Crippen LogP contribution in [0.15, 0.2) is 6.33 Å². The van der Waals surface area contributed by atoms with Crippen molar-refractivity contribution in [2.24, 2.45) is 0 Å². The number of fused-ring (bicyclic) bond motifs is 1. The van der Waals surface area contributed by atoms with Gasteiger partial charge in [0, 0.05) is 26.7 Å². The molecule has 0 aliphatic carbocycles. The third-order valence-corrected chi connectivity index (χ3v) is 3.01. The number of aromatic nitrogens is 4. The average Bonchev–Trinajstić information content (AvgIpc) is 2.70. The van der Waals surface area contributed by atoms with E-state index in [9.17, 15) is 0 Å². The average molecular weight is 248 g/mol. The summed E-state index contributed by atoms with van der Waals surface area (Å²) in [6.07, 6.45) is 2.66. The number of rotatable bonds is 2. The third-order valence-electron chi connectivity index (χ3n) is 3.01. The second-order valence-corrected chi connectivity index (χ2v) is 4.17. The van der Waals surface area contributed by atoms with E-state index < -0.39 is 0 Å². The Kier molecular flexibility index (Phi) is 2.97. The van der Waals surface area contributed by atoms with Crippen molar-refractivity contribution in [3.05, 3.63) is 6.33 Å². The van der Waals surface area contributed by atoms with Gasteiger partial charge in [-0.25, -0.2) is 4.98 Å². The van der Waals surface area contributed by atoms with Gasteiger partial charge in [0.25, 0.3) is 0 Å². The van der Waals surface area contributed by atoms with Gasteiger partial charge in [0.1, 0.15) is 5.52 Å². The summed E-state index contributed by atoms with van der Waals surface area (Å²) in [5.74, 6) is 1.49. The van der Waals surface area contributed by atoms with E-state index in [4.69, 9.17) is 4.74 Å². The molecule has 1 aliphatic heterocycles. The highest BCUT2D eigenvalue weighted by Crippen LogP contribution is 2.23. The van der Waals surface area contributed by atoms with E-state index in [1.165, 1.54) is 0 Å². The van der Waals surface area contributed by atoms with Crippen LogP contribution >= 0.6 is 0 Å². The van der Waals surface area contributed by atoms with Gasteiger partial charge in [0.05, 0.1) is 12.9 Å². The van der Waals surface area contributed by atoms with Crippen molar-refractivity contribution in [3.8, 4) is 0 Å². The molecule has 18 heavy (non-hydrogen) atoms. The first-order valence-corrected chi connectivity index (χ1v) is 6.10. The Morgan fingerprint density at radius 1 is 1.33 bits per heavy atom. The summed E-state index contributed by atoms with van der Waals surface area (Å²) in [6, 6.07) is 0. The highest BCUT2D eigenvalue weighted by atomic mass is 16.5. The van der Waals surface area contributed by atoms with Gasteiger partial charge >= 0.3 is 0 Å². The third kappa shape index (κ3) is 1.97. The number of ether oxygens (including phenoxy) is 1. The van der Waals surface area contributed by atoms with E-state index in [2.05, 4.69) is 30.2 Å². The summed E-state index contributed by atoms with van der Waals surface area (Å²) < 4.78 is 5.47. The van der Waals surface area contributed by atoms with Gasteiger partial charge in [-0.2, -0.15) is 9.97 Å². The first kappa shape index (κ1) is 11.2. The molecule has 0 bridgehead atoms. The first-order valence-electron chi connectivity index (χ1n) is 6.10. The minimum absolute atomic E-state index is 0.592. The van der Waals surface area contributed by atoms with Gasteiger partial charge in [-0.3, -0.25) is 0 Å². The molecular formula is C11H16N6O. The standard InChI is InChI=1S/C11H16N6O/c1-12-11-15-9-8(13-7-14-9)10(16-11)17-3-2-5-18-6-4-17/h7H,2-6H2,1H3,(H2,12,13,14,15,16). The molecule has 0 spiro atoms. The number of imidazole rings is 1. The Morgan fingerprint density at radius 3 is 3.17 bits per heavy atom. The maximum atomic E-state index is 5.47. The number of nitrogens with zero attached hydrogens (tertiary/aromatic N) is 4. The van der Waals surface area contributed by atoms with Crippen molar-refractivity contribution in [3.63, 3.8) is 0 Å². The number of aromatic amines is 1. The molecule has 2 N–H and O–H groups in total. The van der Waals surface area contributed by atoms with E-state index >= 15 is 0 Å². The lowest BCUT2D eigenvalue weighted by Crippen LogP contribution is -2.27. The van der Waals surface area contributed by atoms with E-state index in [-0.39, 0.29) is 0 Å². The normalized spacial score (nSPS) is 16.8. The number of hydrogen-bond donors (Lipinski definition) is 2. The molecule has 7 nitrogen and oxygen atoms in total. The highest BCUT2D eigenvalue weighted by Gasteiger charge is 2.17. The lowest BCUT2D eigenvalue weighted by atomic mass is 10.3. The molecule has 1 saturated heterocycles. The summed E-state index contributed by atoms with van der Waals surface area (Å²) >= 11 is 0. The molecule has 7 heteroatoms. The van der Waals surface area contributed by atoms with Crippen LogP contribution in [0.4, 0.5) is 11.8 Å². The molecule has 2 aromatic heterocycles. The van der Waals surface area contributed by atoms with Crippen molar-refractivity contribution < 1.29 is 4.74 Å². The van der Waals surface area contributed by atoms with Crippen molar-refractivity contribution in [2.75, 3.05) is 43.6 Å². The quantitative estimate of drug-likeness (QED) is 0.811. The Labute approximate surface area is 105 Å². The summed E-state index contributed by atoms with van der Waals surface area (Å²) in [4.78, 5) is 18.4. The van der Waals surface area contributed by atoms with Crippen molar-refractivity contribution in [1.82, 2.24) is 19.9 Å². The van der Waals surface area contributed by atoms with E-state index in [0.29, 0.717) is 11.6 Å². The maximum Gasteiger partial charge on any atom is 0.226 e. The molecule has 96 valence electrons. The molecule has 3 rings (SSSR count). The van der Waals surface area contributed by atoms with Crippen molar-refractivity contribution in [1.29, 1.82) is 0 Å². The van der Waals surface area contributed by atoms with Gasteiger partial charge in [0.15, 0.2) is 11.5 Å². The first-order chi connectivity index (χ1) is 8.88. The van der Waals surface area contributed by atoms with Gasteiger partial charge in [-0.15, -0.1) is 0 Å². The molecule has 1 fully saturated rings. The summed E-state index contributed by atoms with van der Waals surface area (Å²) in [5.41, 5.74) is 1.57. The summed E-state index contributed by atoms with van der Waals surface area (Å²) in [6.45, 7) is 3.32. The van der Waals surface area contributed by atoms with Crippen LogP contribution < -0.4 is 10.2 Å². The van der Waals surface area contributed by atoms with Crippen LogP contribution in [0, 0.1) is 0 Å². The number of anilines is 2. The SMILES string of the molecule is CNc1nc(N2CCCOCC2)c2[nH]cnc2n1. The van der Waals surface area contributed by atoms with Crippen molar-refractivity contribution >= 4 is 22.9 Å². The lowest BCUT2D eigenvalue weighted by molar-refractivity contribution is 0.152. The van der Waals surface area contributed by atoms with Gasteiger partial charge in [0.2, 0.25) is 5.95 Å². The fourth-order valence-corrected chi connectivity index (χ4v) is 2.12. The molecule has 2 aromatic rings. The smallest absolute Gasteiger partial charge is 0.226 e. The van der Waals surface area contributed by atoms with Crippen LogP contribution in [0.3, 0.4) is 0 Å². The fourth-order valence-electron chi connectivity index (χ4n) is 2.12. The Hall–Kier alpha value is -1.89. The van der Waals surface area contributed by atoms with E-state index in [1.807, 2.05) is 7.05 Å². The van der Waals surface area contributed by atoms with Gasteiger partial charge in [-0.05, 0) is 6.42 Å². The molecule has 0 aromatic carbocycles. The number of nitrogens with one attached hydrogen (secondary N) is 2. The van der Waals surface area contributed by atoms with Crippen LogP contribution in [0.1, 0.15) is 6.42 Å². The van der Waals surface area contributed by atoms with Crippen LogP contribution in [-0.4, -0.2) is 53.3 Å². The molecule has 0 radical (unpaired) electrons. The minimum atomic E-state index is 0.592. The molecule has 0 atom stereocenters. The second kappa shape index (κ2) is 4.77. The molecule has 1 aliphatic rings. The Bertz CT molecular complexity index is 531. The van der Waals surface area contributed by atoms with E-state index in [0.717, 1.165) is 44.1 Å². The van der Waals surface area contributed by atoms with Crippen LogP contribution in [0.2, 0.25) is 0 Å². The zero-order chi connectivity index (χ0) is 12.4. The highest BCUT2D eigenvalue weighted by molar-refractivity contribution is 5.84. The summed E-state index contributed by atoms with van der Waals surface area (Å²) in [7, 11) is 1.81. The number of H-pyrrole nitrogens is 1. The summed E-state index contributed by atoms with van der Waals surface area (Å²) in [5, 5.41) is 2.97. The van der Waals surface area contributed by atoms with E-state index in [1.54, 1.807) is 6.33 Å². The van der Waals surface area contributed by atoms with Gasteiger partial charge in [-0.1, -0.05) is 0 Å². The zero-order valence-electron chi connectivity index (χ0n) is 10.3. The van der Waals surface area contributed by atoms with Crippen molar-refractivity contribution in [2.45, 2.75) is 6.42 Å². The fraction of sp³-hybridized carbons (Fsp3) is 0.545. The molecule has 0 amide bonds. The van der Waals surface area contributed by atoms with Crippen LogP contribution in [0.5, 0.6) is 0 Å². The predicted octanol–water partition coefficient (Wildman–Crippen LogP) is 0.621. The molecule has 0 saturated carbocycles. The van der Waals surface area contributed by atoms with Crippen LogP contribution in [-0.2, 0) is 4.74 Å². The maximum absolute atomic E-state index is 5.47. The Morgan fingerprint density at radius 2 is 2.28 bits per heavy atom. The minimum Gasteiger partial charge on any atom is -0.380 e. The molecular weight excluding hydrogens is 232 g/mol. The second-order valence-electron chi connectivity index (χ2n) is 4.17. The predicted molar refractivity (Wildman–Crippen MR) is 68.9 cm³/mol. The van der Waals surface area contributed by atoms with Gasteiger partial charge < -0.3 is 19.9 Å². The molecule has 0 unspecified atom stereocenters. The lowest BCUT2D eigenvalue weighted by Gasteiger charge is -2.21. The van der Waals surface area contributed by atoms with Crippen LogP contribution in [0.25, 0.3) is 11.2 Å². The topological polar surface area (TPSA) is 79.0 Å². The largest absolute Gasteiger partial charge is 0.380 e. The zero-order valence-corrected chi connectivity index (χ0v) is 10.3. The molecule has 3 heterocycles. The Balaban J connectivity index is 2.04. The number of hydrogen-bond acceptors (Lipinski definition) is 6. The monoisotopic (exact) mass is 248 g/mol.